The van der Waals surface area contributed by atoms with E-state index in [0.29, 0.717) is 17.8 Å². The van der Waals surface area contributed by atoms with E-state index in [4.69, 9.17) is 0 Å². The van der Waals surface area contributed by atoms with Crippen LogP contribution in [0.25, 0.3) is 0 Å². The van der Waals surface area contributed by atoms with Gasteiger partial charge in [-0.1, -0.05) is 41.5 Å². The molecule has 1 aromatic rings. The first-order chi connectivity index (χ1) is 9.59. The van der Waals surface area contributed by atoms with Crippen LogP contribution in [0.2, 0.25) is 0 Å². The Bertz CT molecular complexity index is 501. The monoisotopic (exact) mass is 296 g/mol. The highest BCUT2D eigenvalue weighted by Gasteiger charge is 2.32. The Balaban J connectivity index is 3.26. The molecule has 120 valence electrons. The number of hydrogen-bond donors (Lipinski definition) is 1. The van der Waals surface area contributed by atoms with Crippen LogP contribution in [-0.4, -0.2) is 27.3 Å². The molecule has 1 rings (SSSR count). The van der Waals surface area contributed by atoms with Crippen molar-refractivity contribution in [1.29, 1.82) is 0 Å². The van der Waals surface area contributed by atoms with Gasteiger partial charge >= 0.3 is 5.69 Å². The molecule has 0 aliphatic rings. The second-order valence-electron chi connectivity index (χ2n) is 6.90. The summed E-state index contributed by atoms with van der Waals surface area (Å²) < 4.78 is 1.67. The van der Waals surface area contributed by atoms with Crippen molar-refractivity contribution in [2.75, 3.05) is 6.54 Å². The third kappa shape index (κ3) is 4.03. The largest absolute Gasteiger partial charge is 0.313 e. The van der Waals surface area contributed by atoms with Gasteiger partial charge in [0.1, 0.15) is 11.4 Å². The highest BCUT2D eigenvalue weighted by atomic mass is 16.6. The summed E-state index contributed by atoms with van der Waals surface area (Å²) in [6.07, 6.45) is 0.601. The number of hydrogen-bond acceptors (Lipinski definition) is 4. The van der Waals surface area contributed by atoms with Crippen LogP contribution in [0.1, 0.15) is 58.8 Å². The molecule has 1 N–H and O–H groups in total. The molecular weight excluding hydrogens is 268 g/mol. The van der Waals surface area contributed by atoms with Crippen LogP contribution in [0.15, 0.2) is 0 Å². The normalized spacial score (nSPS) is 13.7. The van der Waals surface area contributed by atoms with E-state index in [9.17, 15) is 10.1 Å². The first kappa shape index (κ1) is 17.6. The van der Waals surface area contributed by atoms with Crippen LogP contribution in [0.4, 0.5) is 5.69 Å². The Kier molecular flexibility index (Phi) is 5.50. The second-order valence-corrected chi connectivity index (χ2v) is 6.90. The minimum absolute atomic E-state index is 0.0200. The van der Waals surface area contributed by atoms with Crippen molar-refractivity contribution in [3.63, 3.8) is 0 Å². The van der Waals surface area contributed by atoms with Crippen molar-refractivity contribution in [3.05, 3.63) is 21.5 Å². The van der Waals surface area contributed by atoms with Crippen molar-refractivity contribution < 1.29 is 4.92 Å². The number of nitrogens with one attached hydrogen (secondary N) is 1. The van der Waals surface area contributed by atoms with Gasteiger partial charge in [-0.15, -0.1) is 0 Å². The molecule has 0 aromatic carbocycles. The average Bonchev–Trinajstić information content (AvgIpc) is 2.65. The number of aromatic nitrogens is 2. The van der Waals surface area contributed by atoms with Gasteiger partial charge in [-0.05, 0) is 12.0 Å². The Morgan fingerprint density at radius 1 is 1.38 bits per heavy atom. The standard InChI is InChI=1S/C15H28N4O2/c1-8-16-12(15(4,5)6)9-11-14(19(20)21)13(10(2)3)17-18(11)7/h10,12,16H,8-9H2,1-7H3. The van der Waals surface area contributed by atoms with Crippen LogP contribution >= 0.6 is 0 Å². The summed E-state index contributed by atoms with van der Waals surface area (Å²) in [6, 6.07) is 0.164. The predicted molar refractivity (Wildman–Crippen MR) is 84.6 cm³/mol. The molecule has 1 heterocycles. The maximum atomic E-state index is 11.5. The van der Waals surface area contributed by atoms with E-state index >= 15 is 0 Å². The van der Waals surface area contributed by atoms with Gasteiger partial charge in [0.05, 0.1) is 4.92 Å². The fourth-order valence-corrected chi connectivity index (χ4v) is 2.51. The Morgan fingerprint density at radius 2 is 1.95 bits per heavy atom. The summed E-state index contributed by atoms with van der Waals surface area (Å²) >= 11 is 0. The van der Waals surface area contributed by atoms with E-state index in [0.717, 1.165) is 6.54 Å². The summed E-state index contributed by atoms with van der Waals surface area (Å²) in [7, 11) is 1.79. The summed E-state index contributed by atoms with van der Waals surface area (Å²) in [5.41, 5.74) is 1.47. The van der Waals surface area contributed by atoms with Crippen molar-refractivity contribution in [2.24, 2.45) is 12.5 Å². The zero-order chi connectivity index (χ0) is 16.4. The number of nitrogens with zero attached hydrogens (tertiary/aromatic N) is 3. The van der Waals surface area contributed by atoms with Crippen LogP contribution in [0.5, 0.6) is 0 Å². The highest BCUT2D eigenvalue weighted by molar-refractivity contribution is 5.43. The van der Waals surface area contributed by atoms with E-state index in [1.807, 2.05) is 13.8 Å². The summed E-state index contributed by atoms with van der Waals surface area (Å²) in [6.45, 7) is 13.2. The van der Waals surface area contributed by atoms with Gasteiger partial charge in [0.15, 0.2) is 0 Å². The predicted octanol–water partition coefficient (Wildman–Crippen LogP) is 3.02. The minimum Gasteiger partial charge on any atom is -0.313 e. The van der Waals surface area contributed by atoms with Crippen LogP contribution < -0.4 is 5.32 Å². The van der Waals surface area contributed by atoms with Gasteiger partial charge in [-0.25, -0.2) is 0 Å². The molecule has 0 saturated carbocycles. The first-order valence-corrected chi connectivity index (χ1v) is 7.53. The lowest BCUT2D eigenvalue weighted by Gasteiger charge is -2.31. The lowest BCUT2D eigenvalue weighted by Crippen LogP contribution is -2.42. The zero-order valence-corrected chi connectivity index (χ0v) is 14.2. The van der Waals surface area contributed by atoms with E-state index in [-0.39, 0.29) is 28.0 Å². The molecule has 1 unspecified atom stereocenters. The molecule has 1 atom stereocenters. The molecule has 21 heavy (non-hydrogen) atoms. The molecular formula is C15H28N4O2. The van der Waals surface area contributed by atoms with Crippen LogP contribution in [-0.2, 0) is 13.5 Å². The van der Waals surface area contributed by atoms with Crippen molar-refractivity contribution in [1.82, 2.24) is 15.1 Å². The van der Waals surface area contributed by atoms with Gasteiger partial charge in [0, 0.05) is 25.4 Å². The molecule has 0 spiro atoms. The van der Waals surface area contributed by atoms with Crippen LogP contribution in [0, 0.1) is 15.5 Å². The molecule has 1 aromatic heterocycles. The Morgan fingerprint density at radius 3 is 2.33 bits per heavy atom. The first-order valence-electron chi connectivity index (χ1n) is 7.53. The number of nitro groups is 1. The van der Waals surface area contributed by atoms with Gasteiger partial charge < -0.3 is 5.32 Å². The maximum absolute atomic E-state index is 11.5. The van der Waals surface area contributed by atoms with E-state index in [1.54, 1.807) is 11.7 Å². The molecule has 0 aliphatic heterocycles. The SMILES string of the molecule is CCNC(Cc1c([N+](=O)[O-])c(C(C)C)nn1C)C(C)(C)C. The molecule has 0 aliphatic carbocycles. The lowest BCUT2D eigenvalue weighted by atomic mass is 9.83. The molecule has 0 amide bonds. The topological polar surface area (TPSA) is 73.0 Å². The van der Waals surface area contributed by atoms with Gasteiger partial charge in [-0.3, -0.25) is 14.8 Å². The maximum Gasteiger partial charge on any atom is 0.313 e. The quantitative estimate of drug-likeness (QED) is 0.647. The molecule has 0 bridgehead atoms. The van der Waals surface area contributed by atoms with Crippen molar-refractivity contribution >= 4 is 5.69 Å². The second kappa shape index (κ2) is 6.56. The Labute approximate surface area is 127 Å². The number of likely N-dealkylation sites (N-methyl/N-ethyl adjacent to an activating group) is 1. The van der Waals surface area contributed by atoms with Gasteiger partial charge in [0.2, 0.25) is 0 Å². The van der Waals surface area contributed by atoms with Gasteiger partial charge in [0.25, 0.3) is 0 Å². The molecule has 6 heteroatoms. The summed E-state index contributed by atoms with van der Waals surface area (Å²) in [5.74, 6) is 0.0394. The number of rotatable bonds is 6. The average molecular weight is 296 g/mol. The van der Waals surface area contributed by atoms with Gasteiger partial charge in [-0.2, -0.15) is 5.10 Å². The lowest BCUT2D eigenvalue weighted by molar-refractivity contribution is -0.386. The zero-order valence-electron chi connectivity index (χ0n) is 14.2. The van der Waals surface area contributed by atoms with E-state index in [1.165, 1.54) is 0 Å². The number of aryl methyl sites for hydroxylation is 1. The fraction of sp³-hybridized carbons (Fsp3) is 0.800. The molecule has 0 saturated heterocycles. The van der Waals surface area contributed by atoms with E-state index < -0.39 is 0 Å². The van der Waals surface area contributed by atoms with Crippen LogP contribution in [0.3, 0.4) is 0 Å². The molecule has 0 radical (unpaired) electrons. The molecule has 6 nitrogen and oxygen atoms in total. The smallest absolute Gasteiger partial charge is 0.313 e. The summed E-state index contributed by atoms with van der Waals surface area (Å²) in [4.78, 5) is 11.2. The third-order valence-electron chi connectivity index (χ3n) is 3.79. The van der Waals surface area contributed by atoms with E-state index in [2.05, 4.69) is 38.1 Å². The fourth-order valence-electron chi connectivity index (χ4n) is 2.51. The summed E-state index contributed by atoms with van der Waals surface area (Å²) in [5, 5.41) is 19.3. The van der Waals surface area contributed by atoms with Crippen molar-refractivity contribution in [2.45, 2.75) is 59.9 Å². The highest BCUT2D eigenvalue weighted by Crippen LogP contribution is 2.32. The Hall–Kier alpha value is -1.43. The van der Waals surface area contributed by atoms with Crippen molar-refractivity contribution in [3.8, 4) is 0 Å². The molecule has 0 fully saturated rings. The third-order valence-corrected chi connectivity index (χ3v) is 3.79. The minimum atomic E-state index is -0.288.